The zero-order chi connectivity index (χ0) is 28.8. The molecule has 0 aliphatic heterocycles. The Morgan fingerprint density at radius 2 is 1.82 bits per heavy atom. The number of amides is 1. The number of nitrogens with one attached hydrogen (secondary N) is 1. The predicted molar refractivity (Wildman–Crippen MR) is 146 cm³/mol. The fourth-order valence-electron chi connectivity index (χ4n) is 4.05. The molecule has 1 N–H and O–H groups in total. The van der Waals surface area contributed by atoms with Crippen molar-refractivity contribution < 1.29 is 22.4 Å². The second-order valence-corrected chi connectivity index (χ2v) is 10.5. The van der Waals surface area contributed by atoms with Crippen molar-refractivity contribution in [2.24, 2.45) is 0 Å². The summed E-state index contributed by atoms with van der Waals surface area (Å²) in [6.07, 6.45) is -3.26. The molecule has 206 valence electrons. The molecule has 0 saturated heterocycles. The molecule has 40 heavy (non-hydrogen) atoms. The lowest BCUT2D eigenvalue weighted by Gasteiger charge is -2.11. The van der Waals surface area contributed by atoms with Gasteiger partial charge in [0.1, 0.15) is 5.82 Å². The second-order valence-electron chi connectivity index (χ2n) is 9.28. The molecule has 0 aliphatic carbocycles. The van der Waals surface area contributed by atoms with Gasteiger partial charge in [0.2, 0.25) is 0 Å². The lowest BCUT2D eigenvalue weighted by Crippen LogP contribution is -2.16. The molecule has 0 radical (unpaired) electrons. The van der Waals surface area contributed by atoms with Crippen molar-refractivity contribution in [1.82, 2.24) is 24.4 Å². The van der Waals surface area contributed by atoms with Crippen molar-refractivity contribution in [2.45, 2.75) is 32.5 Å². The topological polar surface area (TPSA) is 77.1 Å². The molecular weight excluding hydrogens is 616 g/mol. The smallest absolute Gasteiger partial charge is 0.303 e. The minimum absolute atomic E-state index is 0.0197. The summed E-state index contributed by atoms with van der Waals surface area (Å²) in [7, 11) is 0. The van der Waals surface area contributed by atoms with E-state index in [2.05, 4.69) is 36.4 Å². The lowest BCUT2D eigenvalue weighted by molar-refractivity contribution is -0.142. The first-order valence-electron chi connectivity index (χ1n) is 12.0. The standard InChI is InChI=1S/C27H20BrClF4N6O/c1-14(2)15-6-8-16(9-7-15)21-10-23(27(31,32)33)39-24(34-21)11-22(36-39)26(40)35-25-18(28)13-38(37-25)12-17-19(29)4-3-5-20(17)30/h3-11,13-14H,12H2,1-2H3,(H,35,37,40). The van der Waals surface area contributed by atoms with Crippen molar-refractivity contribution in [3.05, 3.63) is 98.6 Å². The van der Waals surface area contributed by atoms with Crippen LogP contribution < -0.4 is 5.32 Å². The van der Waals surface area contributed by atoms with E-state index in [0.717, 1.165) is 11.6 Å². The van der Waals surface area contributed by atoms with Crippen molar-refractivity contribution in [1.29, 1.82) is 0 Å². The number of nitrogens with zero attached hydrogens (tertiary/aromatic N) is 5. The molecule has 0 bridgehead atoms. The molecule has 0 spiro atoms. The molecule has 0 saturated carbocycles. The number of hydrogen-bond acceptors (Lipinski definition) is 4. The van der Waals surface area contributed by atoms with Crippen molar-refractivity contribution in [3.8, 4) is 11.3 Å². The molecule has 5 aromatic rings. The summed E-state index contributed by atoms with van der Waals surface area (Å²) in [6.45, 7) is 4.01. The van der Waals surface area contributed by atoms with Crippen LogP contribution in [0, 0.1) is 5.82 Å². The molecule has 3 aromatic heterocycles. The van der Waals surface area contributed by atoms with E-state index >= 15 is 0 Å². The molecule has 0 unspecified atom stereocenters. The van der Waals surface area contributed by atoms with E-state index in [-0.39, 0.29) is 45.9 Å². The molecule has 0 atom stereocenters. The van der Waals surface area contributed by atoms with Gasteiger partial charge in [-0.3, -0.25) is 9.48 Å². The van der Waals surface area contributed by atoms with Gasteiger partial charge >= 0.3 is 6.18 Å². The molecule has 13 heteroatoms. The number of carbonyl (C=O) groups excluding carboxylic acids is 1. The quantitative estimate of drug-likeness (QED) is 0.195. The third-order valence-corrected chi connectivity index (χ3v) is 7.09. The van der Waals surface area contributed by atoms with Crippen LogP contribution in [0.25, 0.3) is 16.9 Å². The number of carbonyl (C=O) groups is 1. The number of aromatic nitrogens is 5. The number of benzene rings is 2. The number of halogens is 6. The maximum atomic E-state index is 14.2. The molecule has 3 heterocycles. The van der Waals surface area contributed by atoms with Crippen molar-refractivity contribution in [2.75, 3.05) is 5.32 Å². The molecule has 0 aliphatic rings. The number of fused-ring (bicyclic) bond motifs is 1. The van der Waals surface area contributed by atoms with Crippen LogP contribution in [-0.2, 0) is 12.7 Å². The third kappa shape index (κ3) is 5.59. The highest BCUT2D eigenvalue weighted by Crippen LogP contribution is 2.33. The second kappa shape index (κ2) is 10.7. The summed E-state index contributed by atoms with van der Waals surface area (Å²) < 4.78 is 58.4. The Morgan fingerprint density at radius 3 is 2.48 bits per heavy atom. The summed E-state index contributed by atoms with van der Waals surface area (Å²) in [5, 5.41) is 10.8. The molecule has 0 fully saturated rings. The minimum atomic E-state index is -4.76. The van der Waals surface area contributed by atoms with Gasteiger partial charge in [-0.1, -0.05) is 55.8 Å². The van der Waals surface area contributed by atoms with E-state index in [0.29, 0.717) is 14.6 Å². The summed E-state index contributed by atoms with van der Waals surface area (Å²) in [4.78, 5) is 17.3. The highest BCUT2D eigenvalue weighted by Gasteiger charge is 2.35. The van der Waals surface area contributed by atoms with E-state index < -0.39 is 23.6 Å². The molecule has 2 aromatic carbocycles. The zero-order valence-electron chi connectivity index (χ0n) is 21.0. The number of anilines is 1. The first-order chi connectivity index (χ1) is 18.9. The van der Waals surface area contributed by atoms with Gasteiger partial charge in [-0.15, -0.1) is 0 Å². The average Bonchev–Trinajstić information content (AvgIpc) is 3.48. The van der Waals surface area contributed by atoms with E-state index in [1.165, 1.54) is 29.1 Å². The van der Waals surface area contributed by atoms with Crippen LogP contribution in [0.4, 0.5) is 23.4 Å². The van der Waals surface area contributed by atoms with Crippen LogP contribution in [0.3, 0.4) is 0 Å². The minimum Gasteiger partial charge on any atom is -0.303 e. The number of rotatable bonds is 6. The SMILES string of the molecule is CC(C)c1ccc(-c2cc(C(F)(F)F)n3nc(C(=O)Nc4nn(Cc5c(F)cccc5Cl)cc4Br)cc3n2)cc1. The van der Waals surface area contributed by atoms with E-state index in [4.69, 9.17) is 11.6 Å². The van der Waals surface area contributed by atoms with Crippen LogP contribution in [0.1, 0.15) is 47.1 Å². The van der Waals surface area contributed by atoms with Crippen molar-refractivity contribution in [3.63, 3.8) is 0 Å². The zero-order valence-corrected chi connectivity index (χ0v) is 23.3. The van der Waals surface area contributed by atoms with E-state index in [1.807, 2.05) is 26.0 Å². The molecular formula is C27H20BrClF4N6O. The number of alkyl halides is 3. The van der Waals surface area contributed by atoms with Gasteiger partial charge in [-0.2, -0.15) is 23.4 Å². The largest absolute Gasteiger partial charge is 0.433 e. The lowest BCUT2D eigenvalue weighted by atomic mass is 10.0. The summed E-state index contributed by atoms with van der Waals surface area (Å²) >= 11 is 9.36. The summed E-state index contributed by atoms with van der Waals surface area (Å²) in [5.74, 6) is -1.01. The highest BCUT2D eigenvalue weighted by molar-refractivity contribution is 9.10. The molecule has 1 amide bonds. The van der Waals surface area contributed by atoms with Gasteiger partial charge in [-0.25, -0.2) is 13.9 Å². The van der Waals surface area contributed by atoms with Gasteiger partial charge in [0.15, 0.2) is 22.9 Å². The maximum Gasteiger partial charge on any atom is 0.433 e. The monoisotopic (exact) mass is 634 g/mol. The van der Waals surface area contributed by atoms with Crippen LogP contribution in [0.5, 0.6) is 0 Å². The first-order valence-corrected chi connectivity index (χ1v) is 13.1. The van der Waals surface area contributed by atoms with E-state index in [1.54, 1.807) is 18.2 Å². The summed E-state index contributed by atoms with van der Waals surface area (Å²) in [6, 6.07) is 13.4. The summed E-state index contributed by atoms with van der Waals surface area (Å²) in [5.41, 5.74) is 0.300. The van der Waals surface area contributed by atoms with Gasteiger partial charge in [0.05, 0.1) is 16.7 Å². The first kappa shape index (κ1) is 27.8. The molecule has 5 rings (SSSR count). The normalized spacial score (nSPS) is 11.9. The Bertz CT molecular complexity index is 1710. The fourth-order valence-corrected chi connectivity index (χ4v) is 4.69. The average molecular weight is 636 g/mol. The van der Waals surface area contributed by atoms with Gasteiger partial charge in [0.25, 0.3) is 5.91 Å². The highest BCUT2D eigenvalue weighted by atomic mass is 79.9. The Hall–Kier alpha value is -3.77. The van der Waals surface area contributed by atoms with Crippen LogP contribution in [-0.4, -0.2) is 30.3 Å². The van der Waals surface area contributed by atoms with Crippen LogP contribution in [0.15, 0.2) is 65.3 Å². The Kier molecular flexibility index (Phi) is 7.40. The van der Waals surface area contributed by atoms with E-state index in [9.17, 15) is 22.4 Å². The number of hydrogen-bond donors (Lipinski definition) is 1. The fraction of sp³-hybridized carbons (Fsp3) is 0.185. The maximum absolute atomic E-state index is 14.2. The molecule has 7 nitrogen and oxygen atoms in total. The Labute approximate surface area is 238 Å². The van der Waals surface area contributed by atoms with Crippen molar-refractivity contribution >= 4 is 44.9 Å². The van der Waals surface area contributed by atoms with Gasteiger partial charge in [-0.05, 0) is 45.6 Å². The van der Waals surface area contributed by atoms with Gasteiger partial charge < -0.3 is 5.32 Å². The van der Waals surface area contributed by atoms with Crippen LogP contribution >= 0.6 is 27.5 Å². The Morgan fingerprint density at radius 1 is 1.10 bits per heavy atom. The third-order valence-electron chi connectivity index (χ3n) is 6.15. The van der Waals surface area contributed by atoms with Crippen LogP contribution in [0.2, 0.25) is 5.02 Å². The Balaban J connectivity index is 1.45. The van der Waals surface area contributed by atoms with Gasteiger partial charge in [0, 0.05) is 28.4 Å². The predicted octanol–water partition coefficient (Wildman–Crippen LogP) is 7.59.